The molecule has 1 amide bonds. The first kappa shape index (κ1) is 12.4. The maximum absolute atomic E-state index is 11.4. The molecule has 2 atom stereocenters. The van der Waals surface area contributed by atoms with E-state index in [1.807, 2.05) is 6.92 Å². The number of likely N-dealkylation sites (N-methyl/N-ethyl adjacent to an activating group) is 1. The molecule has 1 unspecified atom stereocenters. The van der Waals surface area contributed by atoms with Crippen LogP contribution in [0.1, 0.15) is 33.6 Å². The van der Waals surface area contributed by atoms with Gasteiger partial charge in [0.15, 0.2) is 0 Å². The van der Waals surface area contributed by atoms with Gasteiger partial charge in [-0.25, -0.2) is 0 Å². The minimum atomic E-state index is -0.0726. The molecule has 0 aromatic carbocycles. The summed E-state index contributed by atoms with van der Waals surface area (Å²) < 4.78 is 0. The van der Waals surface area contributed by atoms with Crippen molar-refractivity contribution in [3.05, 3.63) is 0 Å². The molecule has 0 fully saturated rings. The molecule has 3 heteroatoms. The summed E-state index contributed by atoms with van der Waals surface area (Å²) in [5.41, 5.74) is 0. The first-order chi connectivity index (χ1) is 5.99. The van der Waals surface area contributed by atoms with E-state index in [0.717, 1.165) is 12.8 Å². The molecule has 0 aromatic rings. The van der Waals surface area contributed by atoms with Crippen molar-refractivity contribution in [2.45, 2.75) is 45.7 Å². The summed E-state index contributed by atoms with van der Waals surface area (Å²) in [6.45, 7) is 6.17. The second kappa shape index (κ2) is 5.97. The highest BCUT2D eigenvalue weighted by atomic mass is 16.2. The van der Waals surface area contributed by atoms with Gasteiger partial charge in [0.25, 0.3) is 0 Å². The van der Waals surface area contributed by atoms with Gasteiger partial charge in [-0.15, -0.1) is 0 Å². The minimum Gasteiger partial charge on any atom is -0.347 e. The van der Waals surface area contributed by atoms with E-state index in [1.54, 1.807) is 19.0 Å². The van der Waals surface area contributed by atoms with Crippen LogP contribution in [0.15, 0.2) is 0 Å². The second-order valence-electron chi connectivity index (χ2n) is 3.81. The number of hydrogen-bond acceptors (Lipinski definition) is 2. The molecule has 0 aliphatic heterocycles. The van der Waals surface area contributed by atoms with E-state index in [0.29, 0.717) is 6.04 Å². The lowest BCUT2D eigenvalue weighted by Crippen LogP contribution is -2.45. The van der Waals surface area contributed by atoms with Gasteiger partial charge in [0.05, 0.1) is 6.04 Å². The molecule has 0 aliphatic carbocycles. The molecule has 78 valence electrons. The Kier molecular flexibility index (Phi) is 5.71. The summed E-state index contributed by atoms with van der Waals surface area (Å²) in [5.74, 6) is 0.142. The van der Waals surface area contributed by atoms with E-state index >= 15 is 0 Å². The van der Waals surface area contributed by atoms with E-state index in [2.05, 4.69) is 19.2 Å². The van der Waals surface area contributed by atoms with Crippen molar-refractivity contribution < 1.29 is 4.79 Å². The first-order valence-electron chi connectivity index (χ1n) is 4.96. The van der Waals surface area contributed by atoms with Crippen molar-refractivity contribution >= 4 is 5.91 Å². The van der Waals surface area contributed by atoms with E-state index < -0.39 is 0 Å². The van der Waals surface area contributed by atoms with Crippen LogP contribution in [0, 0.1) is 0 Å². The Balaban J connectivity index is 3.85. The lowest BCUT2D eigenvalue weighted by Gasteiger charge is -2.21. The lowest BCUT2D eigenvalue weighted by molar-refractivity contribution is -0.130. The average molecular weight is 186 g/mol. The van der Waals surface area contributed by atoms with Gasteiger partial charge in [-0.2, -0.15) is 0 Å². The predicted molar refractivity (Wildman–Crippen MR) is 55.7 cm³/mol. The van der Waals surface area contributed by atoms with Crippen molar-refractivity contribution in [2.24, 2.45) is 0 Å². The Morgan fingerprint density at radius 3 is 2.31 bits per heavy atom. The number of nitrogens with one attached hydrogen (secondary N) is 1. The smallest absolute Gasteiger partial charge is 0.238 e. The predicted octanol–water partition coefficient (Wildman–Crippen LogP) is 1.24. The first-order valence-corrected chi connectivity index (χ1v) is 4.96. The molecule has 0 bridgehead atoms. The Hall–Kier alpha value is -0.570. The third kappa shape index (κ3) is 4.88. The molecular formula is C10H22N2O. The number of amides is 1. The largest absolute Gasteiger partial charge is 0.347 e. The zero-order chi connectivity index (χ0) is 10.4. The molecule has 1 N–H and O–H groups in total. The molecule has 0 saturated heterocycles. The summed E-state index contributed by atoms with van der Waals surface area (Å²) in [7, 11) is 3.57. The van der Waals surface area contributed by atoms with Crippen molar-refractivity contribution in [3.63, 3.8) is 0 Å². The lowest BCUT2D eigenvalue weighted by atomic mass is 10.1. The van der Waals surface area contributed by atoms with Crippen LogP contribution in [0.4, 0.5) is 0 Å². The van der Waals surface area contributed by atoms with Crippen molar-refractivity contribution in [2.75, 3.05) is 14.1 Å². The molecular weight excluding hydrogens is 164 g/mol. The number of carbonyl (C=O) groups excluding carboxylic acids is 1. The van der Waals surface area contributed by atoms with Crippen LogP contribution >= 0.6 is 0 Å². The van der Waals surface area contributed by atoms with E-state index in [-0.39, 0.29) is 11.9 Å². The fourth-order valence-electron chi connectivity index (χ4n) is 1.40. The highest BCUT2D eigenvalue weighted by Crippen LogP contribution is 1.98. The molecule has 0 saturated carbocycles. The van der Waals surface area contributed by atoms with Crippen LogP contribution in [0.2, 0.25) is 0 Å². The zero-order valence-electron chi connectivity index (χ0n) is 9.42. The number of rotatable bonds is 5. The van der Waals surface area contributed by atoms with Gasteiger partial charge < -0.3 is 10.2 Å². The third-order valence-corrected chi connectivity index (χ3v) is 2.07. The monoisotopic (exact) mass is 186 g/mol. The molecule has 0 radical (unpaired) electrons. The second-order valence-corrected chi connectivity index (χ2v) is 3.81. The minimum absolute atomic E-state index is 0.0726. The molecule has 3 nitrogen and oxygen atoms in total. The van der Waals surface area contributed by atoms with Crippen molar-refractivity contribution in [1.82, 2.24) is 10.2 Å². The molecule has 0 aromatic heterocycles. The highest BCUT2D eigenvalue weighted by molar-refractivity contribution is 5.80. The summed E-state index contributed by atoms with van der Waals surface area (Å²) in [4.78, 5) is 13.1. The summed E-state index contributed by atoms with van der Waals surface area (Å²) >= 11 is 0. The van der Waals surface area contributed by atoms with Gasteiger partial charge in [0.2, 0.25) is 5.91 Å². The molecule has 0 rings (SSSR count). The molecule has 13 heavy (non-hydrogen) atoms. The van der Waals surface area contributed by atoms with Crippen LogP contribution in [-0.2, 0) is 4.79 Å². The molecule has 0 spiro atoms. The SMILES string of the molecule is CCCC(C)N[C@H](C)C(=O)N(C)C. The number of carbonyl (C=O) groups is 1. The van der Waals surface area contributed by atoms with Gasteiger partial charge in [0.1, 0.15) is 0 Å². The summed E-state index contributed by atoms with van der Waals surface area (Å²) in [5, 5.41) is 3.27. The maximum Gasteiger partial charge on any atom is 0.238 e. The zero-order valence-corrected chi connectivity index (χ0v) is 9.42. The van der Waals surface area contributed by atoms with Crippen LogP contribution < -0.4 is 5.32 Å². The quantitative estimate of drug-likeness (QED) is 0.700. The topological polar surface area (TPSA) is 32.3 Å². The van der Waals surface area contributed by atoms with E-state index in [4.69, 9.17) is 0 Å². The standard InChI is InChI=1S/C10H22N2O/c1-6-7-8(2)11-9(3)10(13)12(4)5/h8-9,11H,6-7H2,1-5H3/t8?,9-/m1/s1. The Morgan fingerprint density at radius 2 is 1.92 bits per heavy atom. The van der Waals surface area contributed by atoms with Crippen LogP contribution in [0.3, 0.4) is 0 Å². The Labute approximate surface area is 81.5 Å². The van der Waals surface area contributed by atoms with Gasteiger partial charge in [-0.1, -0.05) is 13.3 Å². The van der Waals surface area contributed by atoms with Crippen LogP contribution in [-0.4, -0.2) is 37.0 Å². The summed E-state index contributed by atoms with van der Waals surface area (Å²) in [6.07, 6.45) is 2.27. The molecule has 0 aliphatic rings. The Morgan fingerprint density at radius 1 is 1.38 bits per heavy atom. The van der Waals surface area contributed by atoms with Gasteiger partial charge in [-0.05, 0) is 20.3 Å². The van der Waals surface area contributed by atoms with E-state index in [1.165, 1.54) is 0 Å². The highest BCUT2D eigenvalue weighted by Gasteiger charge is 2.15. The van der Waals surface area contributed by atoms with Crippen molar-refractivity contribution in [1.29, 1.82) is 0 Å². The van der Waals surface area contributed by atoms with Gasteiger partial charge in [0, 0.05) is 20.1 Å². The fourth-order valence-corrected chi connectivity index (χ4v) is 1.40. The van der Waals surface area contributed by atoms with Gasteiger partial charge >= 0.3 is 0 Å². The average Bonchev–Trinajstić information content (AvgIpc) is 2.03. The van der Waals surface area contributed by atoms with E-state index in [9.17, 15) is 4.79 Å². The summed E-state index contributed by atoms with van der Waals surface area (Å²) in [6, 6.07) is 0.348. The molecule has 0 heterocycles. The Bertz CT molecular complexity index is 157. The van der Waals surface area contributed by atoms with Crippen LogP contribution in [0.5, 0.6) is 0 Å². The van der Waals surface area contributed by atoms with Crippen LogP contribution in [0.25, 0.3) is 0 Å². The van der Waals surface area contributed by atoms with Crippen molar-refractivity contribution in [3.8, 4) is 0 Å². The fraction of sp³-hybridized carbons (Fsp3) is 0.900. The van der Waals surface area contributed by atoms with Gasteiger partial charge in [-0.3, -0.25) is 4.79 Å². The normalized spacial score (nSPS) is 15.2. The maximum atomic E-state index is 11.4. The third-order valence-electron chi connectivity index (χ3n) is 2.07. The number of hydrogen-bond donors (Lipinski definition) is 1. The number of nitrogens with zero attached hydrogens (tertiary/aromatic N) is 1.